The molecule has 0 aliphatic heterocycles. The van der Waals surface area contributed by atoms with Crippen LogP contribution in [0.3, 0.4) is 0 Å². The van der Waals surface area contributed by atoms with Gasteiger partial charge in [0.2, 0.25) is 5.88 Å². The van der Waals surface area contributed by atoms with E-state index in [1.807, 2.05) is 19.1 Å². The van der Waals surface area contributed by atoms with Gasteiger partial charge in [-0.3, -0.25) is 0 Å². The van der Waals surface area contributed by atoms with Crippen LogP contribution in [0.15, 0.2) is 16.6 Å². The van der Waals surface area contributed by atoms with Crippen LogP contribution < -0.4 is 4.74 Å². The van der Waals surface area contributed by atoms with Crippen molar-refractivity contribution < 1.29 is 9.47 Å². The van der Waals surface area contributed by atoms with Crippen LogP contribution in [0, 0.1) is 6.92 Å². The van der Waals surface area contributed by atoms with Crippen LogP contribution in [-0.2, 0) is 4.74 Å². The molecule has 0 atom stereocenters. The van der Waals surface area contributed by atoms with Crippen LogP contribution in [0.1, 0.15) is 19.0 Å². The largest absolute Gasteiger partial charge is 0.475 e. The molecule has 0 saturated carbocycles. The van der Waals surface area contributed by atoms with Crippen molar-refractivity contribution in [2.45, 2.75) is 20.3 Å². The third-order valence-corrected chi connectivity index (χ3v) is 2.66. The second kappa shape index (κ2) is 6.80. The van der Waals surface area contributed by atoms with E-state index in [9.17, 15) is 0 Å². The molecule has 0 aliphatic rings. The highest BCUT2D eigenvalue weighted by Gasteiger charge is 1.99. The Morgan fingerprint density at radius 1 is 1.27 bits per heavy atom. The fourth-order valence-electron chi connectivity index (χ4n) is 1.05. The van der Waals surface area contributed by atoms with E-state index in [0.717, 1.165) is 23.2 Å². The van der Waals surface area contributed by atoms with Crippen molar-refractivity contribution in [1.29, 1.82) is 0 Å². The number of aryl methyl sites for hydroxylation is 1. The standard InChI is InChI=1S/C11H16BrNO2/c1-3-6-14-7-8-15-11-5-4-10(12)9(2)13-11/h4-5H,3,6-8H2,1-2H3. The van der Waals surface area contributed by atoms with Gasteiger partial charge in [-0.25, -0.2) is 4.98 Å². The Kier molecular flexibility index (Phi) is 5.65. The molecule has 1 aromatic rings. The van der Waals surface area contributed by atoms with Crippen molar-refractivity contribution >= 4 is 15.9 Å². The van der Waals surface area contributed by atoms with Crippen LogP contribution in [-0.4, -0.2) is 24.8 Å². The SMILES string of the molecule is CCCOCCOc1ccc(Br)c(C)n1. The summed E-state index contributed by atoms with van der Waals surface area (Å²) in [4.78, 5) is 4.27. The smallest absolute Gasteiger partial charge is 0.213 e. The molecule has 0 N–H and O–H groups in total. The van der Waals surface area contributed by atoms with Crippen molar-refractivity contribution in [3.05, 3.63) is 22.3 Å². The lowest BCUT2D eigenvalue weighted by Crippen LogP contribution is -2.08. The molecule has 0 spiro atoms. The lowest BCUT2D eigenvalue weighted by molar-refractivity contribution is 0.0989. The minimum atomic E-state index is 0.550. The number of nitrogens with zero attached hydrogens (tertiary/aromatic N) is 1. The predicted molar refractivity (Wildman–Crippen MR) is 63.3 cm³/mol. The van der Waals surface area contributed by atoms with E-state index in [4.69, 9.17) is 9.47 Å². The Bertz CT molecular complexity index is 305. The van der Waals surface area contributed by atoms with Gasteiger partial charge in [0, 0.05) is 17.1 Å². The zero-order valence-electron chi connectivity index (χ0n) is 9.12. The first-order chi connectivity index (χ1) is 7.24. The van der Waals surface area contributed by atoms with Crippen molar-refractivity contribution in [2.24, 2.45) is 0 Å². The van der Waals surface area contributed by atoms with Gasteiger partial charge in [0.15, 0.2) is 0 Å². The summed E-state index contributed by atoms with van der Waals surface area (Å²) in [5.41, 5.74) is 0.932. The second-order valence-corrected chi connectivity index (χ2v) is 4.03. The molecule has 3 nitrogen and oxygen atoms in total. The molecule has 15 heavy (non-hydrogen) atoms. The number of hydrogen-bond donors (Lipinski definition) is 0. The molecule has 4 heteroatoms. The Labute approximate surface area is 98.9 Å². The number of pyridine rings is 1. The van der Waals surface area contributed by atoms with Crippen LogP contribution in [0.4, 0.5) is 0 Å². The third-order valence-electron chi connectivity index (χ3n) is 1.82. The molecule has 0 unspecified atom stereocenters. The molecule has 0 fully saturated rings. The average molecular weight is 274 g/mol. The van der Waals surface area contributed by atoms with Gasteiger partial charge < -0.3 is 9.47 Å². The van der Waals surface area contributed by atoms with Crippen molar-refractivity contribution in [3.63, 3.8) is 0 Å². The average Bonchev–Trinajstić information content (AvgIpc) is 2.23. The normalized spacial score (nSPS) is 10.3. The van der Waals surface area contributed by atoms with Gasteiger partial charge in [-0.15, -0.1) is 0 Å². The summed E-state index contributed by atoms with van der Waals surface area (Å²) in [6.45, 7) is 5.97. The summed E-state index contributed by atoms with van der Waals surface area (Å²) in [6, 6.07) is 3.78. The van der Waals surface area contributed by atoms with Crippen molar-refractivity contribution in [1.82, 2.24) is 4.98 Å². The lowest BCUT2D eigenvalue weighted by atomic mass is 10.4. The lowest BCUT2D eigenvalue weighted by Gasteiger charge is -2.06. The fourth-order valence-corrected chi connectivity index (χ4v) is 1.27. The topological polar surface area (TPSA) is 31.4 Å². The molecule has 84 valence electrons. The molecule has 0 aliphatic carbocycles. The van der Waals surface area contributed by atoms with Crippen LogP contribution in [0.5, 0.6) is 5.88 Å². The van der Waals surface area contributed by atoms with Gasteiger partial charge in [0.1, 0.15) is 6.61 Å². The molecule has 0 amide bonds. The zero-order valence-corrected chi connectivity index (χ0v) is 10.7. The highest BCUT2D eigenvalue weighted by atomic mass is 79.9. The number of halogens is 1. The van der Waals surface area contributed by atoms with Gasteiger partial charge in [0.25, 0.3) is 0 Å². The summed E-state index contributed by atoms with van der Waals surface area (Å²) in [6.07, 6.45) is 1.04. The molecule has 0 saturated heterocycles. The molecule has 0 bridgehead atoms. The van der Waals surface area contributed by atoms with Gasteiger partial charge >= 0.3 is 0 Å². The minimum absolute atomic E-state index is 0.550. The van der Waals surface area contributed by atoms with Crippen molar-refractivity contribution in [3.8, 4) is 5.88 Å². The molecule has 1 heterocycles. The highest BCUT2D eigenvalue weighted by Crippen LogP contribution is 2.17. The first kappa shape index (κ1) is 12.5. The summed E-state index contributed by atoms with van der Waals surface area (Å²) in [5.74, 6) is 0.649. The first-order valence-electron chi connectivity index (χ1n) is 5.07. The van der Waals surface area contributed by atoms with Crippen LogP contribution >= 0.6 is 15.9 Å². The molecular formula is C11H16BrNO2. The summed E-state index contributed by atoms with van der Waals surface area (Å²) >= 11 is 3.39. The van der Waals surface area contributed by atoms with E-state index in [1.54, 1.807) is 0 Å². The number of aromatic nitrogens is 1. The van der Waals surface area contributed by atoms with Crippen LogP contribution in [0.25, 0.3) is 0 Å². The Hall–Kier alpha value is -0.610. The molecular weight excluding hydrogens is 258 g/mol. The Morgan fingerprint density at radius 3 is 2.73 bits per heavy atom. The maximum atomic E-state index is 5.43. The van der Waals surface area contributed by atoms with Gasteiger partial charge in [-0.05, 0) is 35.3 Å². The van der Waals surface area contributed by atoms with E-state index >= 15 is 0 Å². The monoisotopic (exact) mass is 273 g/mol. The van der Waals surface area contributed by atoms with Crippen LogP contribution in [0.2, 0.25) is 0 Å². The van der Waals surface area contributed by atoms with Crippen molar-refractivity contribution in [2.75, 3.05) is 19.8 Å². The summed E-state index contributed by atoms with van der Waals surface area (Å²) in [7, 11) is 0. The number of rotatable bonds is 6. The maximum Gasteiger partial charge on any atom is 0.213 e. The molecule has 1 rings (SSSR count). The quantitative estimate of drug-likeness (QED) is 0.747. The molecule has 0 radical (unpaired) electrons. The Balaban J connectivity index is 2.28. The van der Waals surface area contributed by atoms with Gasteiger partial charge in [0.05, 0.1) is 12.3 Å². The van der Waals surface area contributed by atoms with E-state index in [-0.39, 0.29) is 0 Å². The minimum Gasteiger partial charge on any atom is -0.475 e. The number of ether oxygens (including phenoxy) is 2. The fraction of sp³-hybridized carbons (Fsp3) is 0.545. The van der Waals surface area contributed by atoms with E-state index in [0.29, 0.717) is 19.1 Å². The molecule has 0 aromatic carbocycles. The third kappa shape index (κ3) is 4.62. The van der Waals surface area contributed by atoms with Gasteiger partial charge in [-0.2, -0.15) is 0 Å². The Morgan fingerprint density at radius 2 is 2.07 bits per heavy atom. The van der Waals surface area contributed by atoms with E-state index in [1.165, 1.54) is 0 Å². The van der Waals surface area contributed by atoms with Gasteiger partial charge in [-0.1, -0.05) is 6.92 Å². The van der Waals surface area contributed by atoms with E-state index in [2.05, 4.69) is 27.8 Å². The number of hydrogen-bond acceptors (Lipinski definition) is 3. The maximum absolute atomic E-state index is 5.43. The first-order valence-corrected chi connectivity index (χ1v) is 5.87. The zero-order chi connectivity index (χ0) is 11.1. The summed E-state index contributed by atoms with van der Waals surface area (Å²) in [5, 5.41) is 0. The van der Waals surface area contributed by atoms with E-state index < -0.39 is 0 Å². The molecule has 1 aromatic heterocycles. The predicted octanol–water partition coefficient (Wildman–Crippen LogP) is 2.96. The second-order valence-electron chi connectivity index (χ2n) is 3.18. The summed E-state index contributed by atoms with van der Waals surface area (Å²) < 4.78 is 11.7. The highest BCUT2D eigenvalue weighted by molar-refractivity contribution is 9.10.